The third-order valence-electron chi connectivity index (χ3n) is 3.83. The third-order valence-corrected chi connectivity index (χ3v) is 7.12. The maximum Gasteiger partial charge on any atom is 0.282 e. The predicted molar refractivity (Wildman–Crippen MR) is 111 cm³/mol. The average Bonchev–Trinajstić information content (AvgIpc) is 3.32. The first kappa shape index (κ1) is 18.1. The van der Waals surface area contributed by atoms with E-state index in [2.05, 4.69) is 26.6 Å². The number of aromatic nitrogens is 3. The number of carbonyl (C=O) groups excluding carboxylic acids is 1. The molecule has 0 fully saturated rings. The van der Waals surface area contributed by atoms with Crippen molar-refractivity contribution in [2.75, 3.05) is 0 Å². The number of thioether (sulfide) groups is 1. The van der Waals surface area contributed by atoms with Crippen molar-refractivity contribution >= 4 is 50.6 Å². The summed E-state index contributed by atoms with van der Waals surface area (Å²) >= 11 is 4.61. The van der Waals surface area contributed by atoms with Gasteiger partial charge in [0.1, 0.15) is 5.01 Å². The van der Waals surface area contributed by atoms with E-state index in [1.54, 1.807) is 23.1 Å². The van der Waals surface area contributed by atoms with E-state index in [4.69, 9.17) is 0 Å². The molecule has 0 aliphatic rings. The first-order chi connectivity index (χ1) is 13.2. The fourth-order valence-electron chi connectivity index (χ4n) is 2.40. The van der Waals surface area contributed by atoms with Gasteiger partial charge in [0.25, 0.3) is 5.91 Å². The van der Waals surface area contributed by atoms with Crippen LogP contribution in [-0.2, 0) is 12.3 Å². The van der Waals surface area contributed by atoms with Crippen LogP contribution in [-0.4, -0.2) is 21.1 Å². The van der Waals surface area contributed by atoms with Crippen molar-refractivity contribution in [1.82, 2.24) is 20.5 Å². The van der Waals surface area contributed by atoms with E-state index in [-0.39, 0.29) is 5.91 Å². The van der Waals surface area contributed by atoms with E-state index in [0.717, 1.165) is 20.4 Å². The van der Waals surface area contributed by atoms with Crippen LogP contribution in [0.4, 0.5) is 0 Å². The van der Waals surface area contributed by atoms with E-state index in [1.165, 1.54) is 21.6 Å². The zero-order chi connectivity index (χ0) is 18.6. The molecule has 0 spiro atoms. The number of nitrogens with zero attached hydrogens (tertiary/aromatic N) is 3. The number of para-hydroxylation sites is 1. The SMILES string of the molecule is Cc1ccc(CNC(=O)c2nnc(CSc3nc4ccccc4s3)s2)cc1. The summed E-state index contributed by atoms with van der Waals surface area (Å²) in [7, 11) is 0. The minimum Gasteiger partial charge on any atom is -0.346 e. The molecule has 0 saturated carbocycles. The molecule has 5 nitrogen and oxygen atoms in total. The smallest absolute Gasteiger partial charge is 0.282 e. The molecule has 0 aliphatic carbocycles. The Bertz CT molecular complexity index is 1040. The number of fused-ring (bicyclic) bond motifs is 1. The van der Waals surface area contributed by atoms with E-state index < -0.39 is 0 Å². The molecule has 2 heterocycles. The Kier molecular flexibility index (Phi) is 5.47. The van der Waals surface area contributed by atoms with E-state index in [1.807, 2.05) is 49.4 Å². The quantitative estimate of drug-likeness (QED) is 0.466. The highest BCUT2D eigenvalue weighted by Crippen LogP contribution is 2.31. The largest absolute Gasteiger partial charge is 0.346 e. The standard InChI is InChI=1S/C19H16N4OS3/c1-12-6-8-13(9-7-12)10-20-17(24)18-23-22-16(27-18)11-25-19-21-14-4-2-3-5-15(14)26-19/h2-9H,10-11H2,1H3,(H,20,24). The molecule has 8 heteroatoms. The Morgan fingerprint density at radius 2 is 1.89 bits per heavy atom. The highest BCUT2D eigenvalue weighted by molar-refractivity contribution is 8.00. The Balaban J connectivity index is 1.33. The van der Waals surface area contributed by atoms with Crippen molar-refractivity contribution in [2.45, 2.75) is 23.6 Å². The van der Waals surface area contributed by atoms with E-state index >= 15 is 0 Å². The summed E-state index contributed by atoms with van der Waals surface area (Å²) in [6, 6.07) is 16.2. The Labute approximate surface area is 168 Å². The number of rotatable bonds is 6. The van der Waals surface area contributed by atoms with Gasteiger partial charge in [-0.15, -0.1) is 21.5 Å². The second-order valence-corrected chi connectivity index (χ2v) is 9.22. The minimum absolute atomic E-state index is 0.190. The number of carbonyl (C=O) groups is 1. The number of benzene rings is 2. The molecule has 0 aliphatic heterocycles. The van der Waals surface area contributed by atoms with Gasteiger partial charge in [0.2, 0.25) is 5.01 Å². The molecule has 0 unspecified atom stereocenters. The third kappa shape index (κ3) is 4.52. The molecule has 2 aromatic heterocycles. The molecule has 136 valence electrons. The molecule has 4 rings (SSSR count). The summed E-state index contributed by atoms with van der Waals surface area (Å²) in [5.41, 5.74) is 3.27. The number of nitrogens with one attached hydrogen (secondary N) is 1. The second kappa shape index (κ2) is 8.16. The molecule has 27 heavy (non-hydrogen) atoms. The Morgan fingerprint density at radius 3 is 2.70 bits per heavy atom. The molecule has 2 aromatic carbocycles. The van der Waals surface area contributed by atoms with Crippen molar-refractivity contribution in [2.24, 2.45) is 0 Å². The fourth-order valence-corrected chi connectivity index (χ4v) is 5.21. The first-order valence-electron chi connectivity index (χ1n) is 8.32. The highest BCUT2D eigenvalue weighted by atomic mass is 32.2. The van der Waals surface area contributed by atoms with Crippen molar-refractivity contribution in [1.29, 1.82) is 0 Å². The molecule has 0 bridgehead atoms. The maximum absolute atomic E-state index is 12.3. The van der Waals surface area contributed by atoms with Gasteiger partial charge in [0, 0.05) is 6.54 Å². The molecule has 4 aromatic rings. The van der Waals surface area contributed by atoms with Gasteiger partial charge in [-0.25, -0.2) is 4.98 Å². The molecule has 1 amide bonds. The molecular weight excluding hydrogens is 396 g/mol. The van der Waals surface area contributed by atoms with Crippen LogP contribution in [0.5, 0.6) is 0 Å². The van der Waals surface area contributed by atoms with Crippen LogP contribution in [0.3, 0.4) is 0 Å². The van der Waals surface area contributed by atoms with E-state index in [0.29, 0.717) is 17.3 Å². The number of thiazole rings is 1. The number of amides is 1. The van der Waals surface area contributed by atoms with Crippen LogP contribution in [0.15, 0.2) is 52.9 Å². The maximum atomic E-state index is 12.3. The molecule has 0 radical (unpaired) electrons. The lowest BCUT2D eigenvalue weighted by atomic mass is 10.1. The van der Waals surface area contributed by atoms with Crippen LogP contribution >= 0.6 is 34.4 Å². The lowest BCUT2D eigenvalue weighted by molar-refractivity contribution is 0.0950. The van der Waals surface area contributed by atoms with Gasteiger partial charge in [-0.2, -0.15) is 0 Å². The fraction of sp³-hybridized carbons (Fsp3) is 0.158. The summed E-state index contributed by atoms with van der Waals surface area (Å²) in [4.78, 5) is 16.9. The van der Waals surface area contributed by atoms with Gasteiger partial charge in [0.15, 0.2) is 4.34 Å². The van der Waals surface area contributed by atoms with Crippen LogP contribution in [0.2, 0.25) is 0 Å². The lowest BCUT2D eigenvalue weighted by Crippen LogP contribution is -2.22. The summed E-state index contributed by atoms with van der Waals surface area (Å²) < 4.78 is 2.17. The number of aryl methyl sites for hydroxylation is 1. The van der Waals surface area contributed by atoms with Gasteiger partial charge < -0.3 is 5.32 Å². The number of hydrogen-bond donors (Lipinski definition) is 1. The topological polar surface area (TPSA) is 67.8 Å². The van der Waals surface area contributed by atoms with E-state index in [9.17, 15) is 4.79 Å². The predicted octanol–water partition coefficient (Wildman–Crippen LogP) is 4.68. The Hall–Kier alpha value is -2.29. The summed E-state index contributed by atoms with van der Waals surface area (Å²) in [5.74, 6) is 0.465. The first-order valence-corrected chi connectivity index (χ1v) is 10.9. The van der Waals surface area contributed by atoms with Gasteiger partial charge in [-0.3, -0.25) is 4.79 Å². The van der Waals surface area contributed by atoms with Gasteiger partial charge in [-0.1, -0.05) is 65.1 Å². The van der Waals surface area contributed by atoms with Crippen LogP contribution in [0.1, 0.15) is 25.9 Å². The van der Waals surface area contributed by atoms with Crippen molar-refractivity contribution < 1.29 is 4.79 Å². The zero-order valence-electron chi connectivity index (χ0n) is 14.5. The summed E-state index contributed by atoms with van der Waals surface area (Å²) in [5, 5.41) is 12.3. The highest BCUT2D eigenvalue weighted by Gasteiger charge is 2.13. The minimum atomic E-state index is -0.190. The average molecular weight is 413 g/mol. The molecule has 1 N–H and O–H groups in total. The lowest BCUT2D eigenvalue weighted by Gasteiger charge is -2.03. The van der Waals surface area contributed by atoms with Crippen molar-refractivity contribution in [3.8, 4) is 0 Å². The van der Waals surface area contributed by atoms with Gasteiger partial charge in [-0.05, 0) is 24.6 Å². The molecular formula is C19H16N4OS3. The monoisotopic (exact) mass is 412 g/mol. The Morgan fingerprint density at radius 1 is 1.07 bits per heavy atom. The van der Waals surface area contributed by atoms with Crippen LogP contribution < -0.4 is 5.32 Å². The summed E-state index contributed by atoms with van der Waals surface area (Å²) in [6.07, 6.45) is 0. The normalized spacial score (nSPS) is 11.0. The second-order valence-electron chi connectivity index (χ2n) is 5.91. The summed E-state index contributed by atoms with van der Waals surface area (Å²) in [6.45, 7) is 2.52. The van der Waals surface area contributed by atoms with Crippen LogP contribution in [0.25, 0.3) is 10.2 Å². The van der Waals surface area contributed by atoms with Gasteiger partial charge in [0.05, 0.1) is 16.0 Å². The van der Waals surface area contributed by atoms with Crippen LogP contribution in [0, 0.1) is 6.92 Å². The van der Waals surface area contributed by atoms with Crippen molar-refractivity contribution in [3.05, 3.63) is 69.7 Å². The van der Waals surface area contributed by atoms with Crippen molar-refractivity contribution in [3.63, 3.8) is 0 Å². The molecule has 0 atom stereocenters. The molecule has 0 saturated heterocycles. The van der Waals surface area contributed by atoms with Gasteiger partial charge >= 0.3 is 0 Å². The number of hydrogen-bond acceptors (Lipinski definition) is 7. The zero-order valence-corrected chi connectivity index (χ0v) is 17.0.